The molecule has 0 bridgehead atoms. The molecular weight excluding hydrogens is 258 g/mol. The standard InChI is InChI=1S/C15H19NO4/c1-5-20-15(18)13(10-16(2)3)14(17)11-7-6-8-12(9-11)19-4/h6-10H,5H2,1-4H3. The van der Waals surface area contributed by atoms with Gasteiger partial charge in [-0.05, 0) is 19.1 Å². The van der Waals surface area contributed by atoms with Gasteiger partial charge in [-0.3, -0.25) is 4.79 Å². The van der Waals surface area contributed by atoms with Crippen molar-refractivity contribution in [3.63, 3.8) is 0 Å². The highest BCUT2D eigenvalue weighted by atomic mass is 16.5. The Bertz CT molecular complexity index is 520. The molecule has 0 atom stereocenters. The maximum Gasteiger partial charge on any atom is 0.343 e. The van der Waals surface area contributed by atoms with Gasteiger partial charge >= 0.3 is 5.97 Å². The molecule has 0 N–H and O–H groups in total. The van der Waals surface area contributed by atoms with Gasteiger partial charge in [0.15, 0.2) is 0 Å². The molecule has 20 heavy (non-hydrogen) atoms. The van der Waals surface area contributed by atoms with Crippen LogP contribution in [0.15, 0.2) is 36.0 Å². The number of ether oxygens (including phenoxy) is 2. The summed E-state index contributed by atoms with van der Waals surface area (Å²) in [5.74, 6) is -0.464. The molecule has 0 saturated carbocycles. The minimum atomic E-state index is -0.631. The number of ketones is 1. The van der Waals surface area contributed by atoms with E-state index in [0.717, 1.165) is 0 Å². The minimum Gasteiger partial charge on any atom is -0.497 e. The summed E-state index contributed by atoms with van der Waals surface area (Å²) in [5.41, 5.74) is 0.371. The van der Waals surface area contributed by atoms with Crippen molar-refractivity contribution >= 4 is 11.8 Å². The Morgan fingerprint density at radius 3 is 2.55 bits per heavy atom. The smallest absolute Gasteiger partial charge is 0.343 e. The van der Waals surface area contributed by atoms with E-state index in [4.69, 9.17) is 9.47 Å². The fraction of sp³-hybridized carbons (Fsp3) is 0.333. The Balaban J connectivity index is 3.13. The summed E-state index contributed by atoms with van der Waals surface area (Å²) in [6.45, 7) is 1.91. The zero-order valence-corrected chi connectivity index (χ0v) is 12.2. The predicted molar refractivity (Wildman–Crippen MR) is 75.7 cm³/mol. The number of esters is 1. The highest BCUT2D eigenvalue weighted by molar-refractivity contribution is 6.24. The zero-order chi connectivity index (χ0) is 15.1. The van der Waals surface area contributed by atoms with E-state index in [1.807, 2.05) is 0 Å². The van der Waals surface area contributed by atoms with Crippen LogP contribution in [0.2, 0.25) is 0 Å². The molecule has 0 heterocycles. The van der Waals surface area contributed by atoms with Gasteiger partial charge in [-0.1, -0.05) is 12.1 Å². The second-order valence-electron chi connectivity index (χ2n) is 4.29. The molecule has 0 fully saturated rings. The van der Waals surface area contributed by atoms with Crippen LogP contribution < -0.4 is 4.74 Å². The van der Waals surface area contributed by atoms with Gasteiger partial charge in [0.2, 0.25) is 5.78 Å². The highest BCUT2D eigenvalue weighted by Crippen LogP contribution is 2.17. The summed E-state index contributed by atoms with van der Waals surface area (Å²) in [4.78, 5) is 25.9. The van der Waals surface area contributed by atoms with Gasteiger partial charge in [-0.2, -0.15) is 0 Å². The Morgan fingerprint density at radius 1 is 1.30 bits per heavy atom. The molecule has 0 spiro atoms. The summed E-state index contributed by atoms with van der Waals surface area (Å²) in [6, 6.07) is 6.65. The Hall–Kier alpha value is -2.30. The normalized spacial score (nSPS) is 10.9. The van der Waals surface area contributed by atoms with E-state index in [1.54, 1.807) is 50.2 Å². The van der Waals surface area contributed by atoms with Crippen LogP contribution in [0, 0.1) is 0 Å². The van der Waals surface area contributed by atoms with Crippen molar-refractivity contribution in [2.75, 3.05) is 27.8 Å². The Morgan fingerprint density at radius 2 is 2.00 bits per heavy atom. The fourth-order valence-corrected chi connectivity index (χ4v) is 1.59. The van der Waals surface area contributed by atoms with Gasteiger partial charge in [-0.15, -0.1) is 0 Å². The predicted octanol–water partition coefficient (Wildman–Crippen LogP) is 1.89. The van der Waals surface area contributed by atoms with E-state index in [9.17, 15) is 9.59 Å². The van der Waals surface area contributed by atoms with E-state index < -0.39 is 11.8 Å². The molecular formula is C15H19NO4. The first-order chi connectivity index (χ1) is 9.49. The van der Waals surface area contributed by atoms with E-state index in [2.05, 4.69) is 0 Å². The molecule has 0 aliphatic rings. The molecule has 0 amide bonds. The number of carbonyl (C=O) groups is 2. The van der Waals surface area contributed by atoms with Crippen LogP contribution in [0.5, 0.6) is 5.75 Å². The maximum atomic E-state index is 12.4. The zero-order valence-electron chi connectivity index (χ0n) is 12.2. The monoisotopic (exact) mass is 277 g/mol. The lowest BCUT2D eigenvalue weighted by Gasteiger charge is -2.11. The number of hydrogen-bond acceptors (Lipinski definition) is 5. The second-order valence-corrected chi connectivity index (χ2v) is 4.29. The number of Topliss-reactive ketones (excluding diaryl/α,β-unsaturated/α-hetero) is 1. The lowest BCUT2D eigenvalue weighted by molar-refractivity contribution is -0.138. The molecule has 0 saturated heterocycles. The van der Waals surface area contributed by atoms with E-state index in [-0.39, 0.29) is 12.2 Å². The average molecular weight is 277 g/mol. The number of benzene rings is 1. The van der Waals surface area contributed by atoms with Crippen molar-refractivity contribution in [3.8, 4) is 5.75 Å². The minimum absolute atomic E-state index is 0.00916. The molecule has 5 nitrogen and oxygen atoms in total. The molecule has 0 aromatic heterocycles. The summed E-state index contributed by atoms with van der Waals surface area (Å²) in [7, 11) is 4.99. The van der Waals surface area contributed by atoms with Gasteiger partial charge < -0.3 is 14.4 Å². The summed E-state index contributed by atoms with van der Waals surface area (Å²) < 4.78 is 9.99. The SMILES string of the molecule is CCOC(=O)C(=CN(C)C)C(=O)c1cccc(OC)c1. The van der Waals surface area contributed by atoms with Gasteiger partial charge in [0, 0.05) is 25.9 Å². The fourth-order valence-electron chi connectivity index (χ4n) is 1.59. The van der Waals surface area contributed by atoms with Crippen LogP contribution in [0.3, 0.4) is 0 Å². The quantitative estimate of drug-likeness (QED) is 0.261. The maximum absolute atomic E-state index is 12.4. The topological polar surface area (TPSA) is 55.8 Å². The molecule has 0 unspecified atom stereocenters. The largest absolute Gasteiger partial charge is 0.497 e. The summed E-state index contributed by atoms with van der Waals surface area (Å²) in [5, 5.41) is 0. The van der Waals surface area contributed by atoms with E-state index >= 15 is 0 Å². The molecule has 0 aliphatic carbocycles. The first-order valence-electron chi connectivity index (χ1n) is 6.23. The van der Waals surface area contributed by atoms with Crippen LogP contribution in [0.4, 0.5) is 0 Å². The molecule has 0 radical (unpaired) electrons. The van der Waals surface area contributed by atoms with Crippen molar-refractivity contribution in [3.05, 3.63) is 41.6 Å². The van der Waals surface area contributed by atoms with Gasteiger partial charge in [0.05, 0.1) is 13.7 Å². The van der Waals surface area contributed by atoms with Crippen molar-refractivity contribution in [2.45, 2.75) is 6.92 Å². The van der Waals surface area contributed by atoms with Gasteiger partial charge in [0.25, 0.3) is 0 Å². The number of carbonyl (C=O) groups excluding carboxylic acids is 2. The van der Waals surface area contributed by atoms with Crippen LogP contribution >= 0.6 is 0 Å². The molecule has 108 valence electrons. The number of nitrogens with zero attached hydrogens (tertiary/aromatic N) is 1. The number of methoxy groups -OCH3 is 1. The number of rotatable bonds is 6. The molecule has 1 aromatic carbocycles. The van der Waals surface area contributed by atoms with Crippen molar-refractivity contribution in [1.82, 2.24) is 4.90 Å². The lowest BCUT2D eigenvalue weighted by atomic mass is 10.0. The first kappa shape index (κ1) is 15.8. The first-order valence-corrected chi connectivity index (χ1v) is 6.23. The van der Waals surface area contributed by atoms with Crippen LogP contribution in [-0.2, 0) is 9.53 Å². The van der Waals surface area contributed by atoms with Gasteiger partial charge in [-0.25, -0.2) is 4.79 Å². The summed E-state index contributed by atoms with van der Waals surface area (Å²) >= 11 is 0. The van der Waals surface area contributed by atoms with Gasteiger partial charge in [0.1, 0.15) is 11.3 Å². The van der Waals surface area contributed by atoms with Crippen molar-refractivity contribution in [2.24, 2.45) is 0 Å². The van der Waals surface area contributed by atoms with E-state index in [0.29, 0.717) is 11.3 Å². The molecule has 1 rings (SSSR count). The molecule has 1 aromatic rings. The average Bonchev–Trinajstić information content (AvgIpc) is 2.44. The van der Waals surface area contributed by atoms with Crippen LogP contribution in [0.1, 0.15) is 17.3 Å². The summed E-state index contributed by atoms with van der Waals surface area (Å²) in [6.07, 6.45) is 1.46. The third-order valence-corrected chi connectivity index (χ3v) is 2.46. The van der Waals surface area contributed by atoms with Crippen LogP contribution in [0.25, 0.3) is 0 Å². The lowest BCUT2D eigenvalue weighted by Crippen LogP contribution is -2.19. The second kappa shape index (κ2) is 7.33. The number of hydrogen-bond donors (Lipinski definition) is 0. The Labute approximate surface area is 118 Å². The highest BCUT2D eigenvalue weighted by Gasteiger charge is 2.21. The molecule has 5 heteroatoms. The van der Waals surface area contributed by atoms with Crippen molar-refractivity contribution in [1.29, 1.82) is 0 Å². The molecule has 0 aliphatic heterocycles. The van der Waals surface area contributed by atoms with Crippen molar-refractivity contribution < 1.29 is 19.1 Å². The van der Waals surface area contributed by atoms with E-state index in [1.165, 1.54) is 13.3 Å². The Kier molecular flexibility index (Phi) is 5.77. The third-order valence-electron chi connectivity index (χ3n) is 2.46. The third kappa shape index (κ3) is 4.12. The van der Waals surface area contributed by atoms with Crippen LogP contribution in [-0.4, -0.2) is 44.5 Å².